The first-order chi connectivity index (χ1) is 8.34. The van der Waals surface area contributed by atoms with Crippen molar-refractivity contribution in [1.82, 2.24) is 9.62 Å². The van der Waals surface area contributed by atoms with Gasteiger partial charge < -0.3 is 4.90 Å². The lowest BCUT2D eigenvalue weighted by Crippen LogP contribution is -2.30. The van der Waals surface area contributed by atoms with Crippen molar-refractivity contribution in [2.24, 2.45) is 0 Å². The van der Waals surface area contributed by atoms with Crippen LogP contribution < -0.4 is 4.72 Å². The fourth-order valence-electron chi connectivity index (χ4n) is 1.26. The Hall–Kier alpha value is -1.11. The summed E-state index contributed by atoms with van der Waals surface area (Å²) in [4.78, 5) is 12.7. The van der Waals surface area contributed by atoms with Crippen LogP contribution in [-0.2, 0) is 14.8 Å². The molecule has 0 bridgehead atoms. The van der Waals surface area contributed by atoms with Gasteiger partial charge in [-0.15, -0.1) is 0 Å². The Kier molecular flexibility index (Phi) is 5.13. The Morgan fingerprint density at radius 2 is 1.94 bits per heavy atom. The lowest BCUT2D eigenvalue weighted by atomic mass is 10.4. The van der Waals surface area contributed by atoms with Gasteiger partial charge in [-0.3, -0.25) is 4.79 Å². The van der Waals surface area contributed by atoms with Gasteiger partial charge in [-0.1, -0.05) is 23.7 Å². The van der Waals surface area contributed by atoms with E-state index < -0.39 is 10.0 Å². The Morgan fingerprint density at radius 1 is 1.33 bits per heavy atom. The highest BCUT2D eigenvalue weighted by molar-refractivity contribution is 7.89. The maximum atomic E-state index is 11.9. The number of nitrogens with one attached hydrogen (secondary N) is 1. The van der Waals surface area contributed by atoms with Gasteiger partial charge in [0.2, 0.25) is 15.9 Å². The second kappa shape index (κ2) is 6.17. The van der Waals surface area contributed by atoms with Crippen LogP contribution in [-0.4, -0.2) is 39.9 Å². The van der Waals surface area contributed by atoms with Crippen molar-refractivity contribution < 1.29 is 13.2 Å². The molecule has 0 saturated carbocycles. The summed E-state index contributed by atoms with van der Waals surface area (Å²) in [6, 6.07) is 6.15. The second-order valence-electron chi connectivity index (χ2n) is 3.87. The molecular formula is C11H15ClN2O3S. The molecule has 0 unspecified atom stereocenters. The highest BCUT2D eigenvalue weighted by Gasteiger charge is 2.17. The predicted octanol–water partition coefficient (Wildman–Crippen LogP) is 1.10. The third-order valence-electron chi connectivity index (χ3n) is 2.26. The first kappa shape index (κ1) is 14.9. The van der Waals surface area contributed by atoms with Crippen molar-refractivity contribution in [3.8, 4) is 0 Å². The van der Waals surface area contributed by atoms with Gasteiger partial charge in [0.05, 0.1) is 5.02 Å². The molecule has 0 aliphatic carbocycles. The van der Waals surface area contributed by atoms with Crippen molar-refractivity contribution in [2.45, 2.75) is 11.3 Å². The molecule has 5 nitrogen and oxygen atoms in total. The number of benzene rings is 1. The molecule has 1 amide bonds. The topological polar surface area (TPSA) is 66.5 Å². The van der Waals surface area contributed by atoms with Crippen LogP contribution in [0, 0.1) is 0 Å². The molecule has 0 aliphatic rings. The maximum absolute atomic E-state index is 11.9. The fourth-order valence-corrected chi connectivity index (χ4v) is 2.81. The summed E-state index contributed by atoms with van der Waals surface area (Å²) in [6.45, 7) is 0.0462. The number of amides is 1. The summed E-state index contributed by atoms with van der Waals surface area (Å²) in [7, 11) is -0.433. The molecule has 1 aromatic rings. The summed E-state index contributed by atoms with van der Waals surface area (Å²) >= 11 is 5.81. The largest absolute Gasteiger partial charge is 0.349 e. The zero-order chi connectivity index (χ0) is 13.8. The average molecular weight is 291 g/mol. The molecule has 0 atom stereocenters. The summed E-state index contributed by atoms with van der Waals surface area (Å²) in [5, 5.41) is 0.156. The number of sulfonamides is 1. The van der Waals surface area contributed by atoms with E-state index in [4.69, 9.17) is 11.6 Å². The Morgan fingerprint density at radius 3 is 2.50 bits per heavy atom. The van der Waals surface area contributed by atoms with E-state index in [0.717, 1.165) is 0 Å². The molecule has 18 heavy (non-hydrogen) atoms. The van der Waals surface area contributed by atoms with Crippen molar-refractivity contribution >= 4 is 27.5 Å². The minimum absolute atomic E-state index is 0.0176. The molecule has 1 N–H and O–H groups in total. The van der Waals surface area contributed by atoms with E-state index in [1.54, 1.807) is 26.2 Å². The smallest absolute Gasteiger partial charge is 0.242 e. The van der Waals surface area contributed by atoms with Gasteiger partial charge in [-0.05, 0) is 12.1 Å². The molecule has 1 aromatic carbocycles. The minimum atomic E-state index is -3.67. The lowest BCUT2D eigenvalue weighted by Gasteiger charge is -2.11. The third kappa shape index (κ3) is 3.97. The van der Waals surface area contributed by atoms with E-state index in [2.05, 4.69) is 4.72 Å². The van der Waals surface area contributed by atoms with Crippen LogP contribution in [0.5, 0.6) is 0 Å². The summed E-state index contributed by atoms with van der Waals surface area (Å²) in [5.74, 6) is -0.142. The Labute approximate surface area is 112 Å². The number of carbonyl (C=O) groups excluding carboxylic acids is 1. The van der Waals surface area contributed by atoms with E-state index >= 15 is 0 Å². The minimum Gasteiger partial charge on any atom is -0.349 e. The zero-order valence-electron chi connectivity index (χ0n) is 10.2. The van der Waals surface area contributed by atoms with Crippen molar-refractivity contribution in [3.63, 3.8) is 0 Å². The van der Waals surface area contributed by atoms with Crippen LogP contribution >= 0.6 is 11.6 Å². The fraction of sp³-hybridized carbons (Fsp3) is 0.364. The lowest BCUT2D eigenvalue weighted by molar-refractivity contribution is -0.128. The predicted molar refractivity (Wildman–Crippen MR) is 70.0 cm³/mol. The molecular weight excluding hydrogens is 276 g/mol. The van der Waals surface area contributed by atoms with Crippen LogP contribution in [0.15, 0.2) is 29.2 Å². The molecule has 0 heterocycles. The summed E-state index contributed by atoms with van der Waals surface area (Å²) < 4.78 is 26.1. The van der Waals surface area contributed by atoms with Gasteiger partial charge in [0.1, 0.15) is 4.90 Å². The standard InChI is InChI=1S/C11H15ClN2O3S/c1-14(2)11(15)7-8-13-18(16,17)10-6-4-3-5-9(10)12/h3-6,13H,7-8H2,1-2H3. The molecule has 1 rings (SSSR count). The molecule has 0 fully saturated rings. The van der Waals surface area contributed by atoms with Gasteiger partial charge in [0.25, 0.3) is 0 Å². The van der Waals surface area contributed by atoms with E-state index in [1.165, 1.54) is 17.0 Å². The van der Waals surface area contributed by atoms with Crippen LogP contribution in [0.4, 0.5) is 0 Å². The molecule has 0 saturated heterocycles. The SMILES string of the molecule is CN(C)C(=O)CCNS(=O)(=O)c1ccccc1Cl. The van der Waals surface area contributed by atoms with Gasteiger partial charge >= 0.3 is 0 Å². The van der Waals surface area contributed by atoms with Crippen molar-refractivity contribution in [1.29, 1.82) is 0 Å². The zero-order valence-corrected chi connectivity index (χ0v) is 11.8. The molecule has 100 valence electrons. The first-order valence-electron chi connectivity index (χ1n) is 5.29. The third-order valence-corrected chi connectivity index (χ3v) is 4.22. The molecule has 0 aliphatic heterocycles. The van der Waals surface area contributed by atoms with Crippen LogP contribution in [0.1, 0.15) is 6.42 Å². The van der Waals surface area contributed by atoms with Gasteiger partial charge in [0.15, 0.2) is 0 Å². The summed E-state index contributed by atoms with van der Waals surface area (Å²) in [6.07, 6.45) is 0.108. The Balaban J connectivity index is 2.67. The normalized spacial score (nSPS) is 11.3. The van der Waals surface area contributed by atoms with E-state index in [0.29, 0.717) is 0 Å². The van der Waals surface area contributed by atoms with Crippen LogP contribution in [0.2, 0.25) is 5.02 Å². The average Bonchev–Trinajstić information content (AvgIpc) is 2.28. The maximum Gasteiger partial charge on any atom is 0.242 e. The van der Waals surface area contributed by atoms with Crippen molar-refractivity contribution in [2.75, 3.05) is 20.6 Å². The highest BCUT2D eigenvalue weighted by Crippen LogP contribution is 2.19. The number of carbonyl (C=O) groups is 1. The van der Waals surface area contributed by atoms with E-state index in [1.807, 2.05) is 0 Å². The molecule has 7 heteroatoms. The van der Waals surface area contributed by atoms with Gasteiger partial charge in [-0.2, -0.15) is 0 Å². The second-order valence-corrected chi connectivity index (χ2v) is 6.01. The van der Waals surface area contributed by atoms with Gasteiger partial charge in [0, 0.05) is 27.1 Å². The molecule has 0 spiro atoms. The number of hydrogen-bond acceptors (Lipinski definition) is 3. The van der Waals surface area contributed by atoms with Gasteiger partial charge in [-0.25, -0.2) is 13.1 Å². The number of halogens is 1. The van der Waals surface area contributed by atoms with E-state index in [-0.39, 0.29) is 28.8 Å². The molecule has 0 aromatic heterocycles. The monoisotopic (exact) mass is 290 g/mol. The quantitative estimate of drug-likeness (QED) is 0.883. The van der Waals surface area contributed by atoms with Crippen LogP contribution in [0.25, 0.3) is 0 Å². The van der Waals surface area contributed by atoms with E-state index in [9.17, 15) is 13.2 Å². The highest BCUT2D eigenvalue weighted by atomic mass is 35.5. The first-order valence-corrected chi connectivity index (χ1v) is 7.15. The van der Waals surface area contributed by atoms with Crippen molar-refractivity contribution in [3.05, 3.63) is 29.3 Å². The number of nitrogens with zero attached hydrogens (tertiary/aromatic N) is 1. The number of rotatable bonds is 5. The molecule has 0 radical (unpaired) electrons. The van der Waals surface area contributed by atoms with Crippen LogP contribution in [0.3, 0.4) is 0 Å². The Bertz CT molecular complexity index is 529. The summed E-state index contributed by atoms with van der Waals surface area (Å²) in [5.41, 5.74) is 0. The number of hydrogen-bond donors (Lipinski definition) is 1.